The summed E-state index contributed by atoms with van der Waals surface area (Å²) < 4.78 is 5.36. The number of likely N-dealkylation sites (tertiary alicyclic amines) is 1. The summed E-state index contributed by atoms with van der Waals surface area (Å²) >= 11 is 0. The molecule has 0 radical (unpaired) electrons. The standard InChI is InChI=1S/C17H22N2O5/c20-15-11-19(10-12(15)9-16(21)22)17(23)13-3-1-2-4-14(13)18-5-7-24-8-6-18/h1-4,12,15,20H,5-11H2,(H,21,22)/t12-,15-/m1/s1. The van der Waals surface area contributed by atoms with Crippen molar-refractivity contribution < 1.29 is 24.5 Å². The molecule has 0 saturated carbocycles. The Morgan fingerprint density at radius 2 is 1.88 bits per heavy atom. The number of nitrogens with zero attached hydrogens (tertiary/aromatic N) is 2. The van der Waals surface area contributed by atoms with Crippen LogP contribution in [-0.4, -0.2) is 72.5 Å². The highest BCUT2D eigenvalue weighted by Gasteiger charge is 2.36. The normalized spacial score (nSPS) is 24.2. The van der Waals surface area contributed by atoms with E-state index in [1.807, 2.05) is 18.2 Å². The molecule has 1 aromatic carbocycles. The highest BCUT2D eigenvalue weighted by atomic mass is 16.5. The number of β-amino-alcohol motifs (C(OH)–C–C–N with tert-alkyl or cyclic N) is 1. The van der Waals surface area contributed by atoms with Crippen LogP contribution in [0.25, 0.3) is 0 Å². The smallest absolute Gasteiger partial charge is 0.303 e. The van der Waals surface area contributed by atoms with Crippen molar-refractivity contribution in [2.45, 2.75) is 12.5 Å². The van der Waals surface area contributed by atoms with Gasteiger partial charge in [-0.2, -0.15) is 0 Å². The lowest BCUT2D eigenvalue weighted by Gasteiger charge is -2.31. The SMILES string of the molecule is O=C(O)C[C@@H]1CN(C(=O)c2ccccc2N2CCOCC2)C[C@H]1O. The van der Waals surface area contributed by atoms with Crippen LogP contribution in [0.2, 0.25) is 0 Å². The molecule has 2 atom stereocenters. The van der Waals surface area contributed by atoms with Gasteiger partial charge in [-0.1, -0.05) is 12.1 Å². The van der Waals surface area contributed by atoms with Gasteiger partial charge in [0.2, 0.25) is 0 Å². The molecule has 1 aromatic rings. The zero-order valence-electron chi connectivity index (χ0n) is 13.4. The second-order valence-electron chi connectivity index (χ2n) is 6.25. The fourth-order valence-electron chi connectivity index (χ4n) is 3.35. The Labute approximate surface area is 140 Å². The third kappa shape index (κ3) is 3.52. The molecule has 2 aliphatic heterocycles. The number of aliphatic carboxylic acids is 1. The van der Waals surface area contributed by atoms with Crippen LogP contribution in [0.3, 0.4) is 0 Å². The molecule has 0 aromatic heterocycles. The fourth-order valence-corrected chi connectivity index (χ4v) is 3.35. The first kappa shape index (κ1) is 16.7. The van der Waals surface area contributed by atoms with Crippen LogP contribution in [0, 0.1) is 5.92 Å². The van der Waals surface area contributed by atoms with E-state index in [4.69, 9.17) is 9.84 Å². The van der Waals surface area contributed by atoms with Crippen LogP contribution in [0.1, 0.15) is 16.8 Å². The monoisotopic (exact) mass is 334 g/mol. The Balaban J connectivity index is 1.77. The van der Waals surface area contributed by atoms with E-state index in [1.54, 1.807) is 11.0 Å². The van der Waals surface area contributed by atoms with Gasteiger partial charge in [0, 0.05) is 37.8 Å². The van der Waals surface area contributed by atoms with Crippen molar-refractivity contribution in [2.24, 2.45) is 5.92 Å². The molecule has 7 nitrogen and oxygen atoms in total. The van der Waals surface area contributed by atoms with E-state index in [1.165, 1.54) is 0 Å². The average Bonchev–Trinajstić information content (AvgIpc) is 2.95. The summed E-state index contributed by atoms with van der Waals surface area (Å²) in [6, 6.07) is 7.41. The molecule has 2 saturated heterocycles. The number of ether oxygens (including phenoxy) is 1. The van der Waals surface area contributed by atoms with Gasteiger partial charge < -0.3 is 24.7 Å². The van der Waals surface area contributed by atoms with E-state index in [0.717, 1.165) is 18.8 Å². The number of carbonyl (C=O) groups excluding carboxylic acids is 1. The van der Waals surface area contributed by atoms with E-state index < -0.39 is 18.0 Å². The molecular formula is C17H22N2O5. The molecule has 7 heteroatoms. The summed E-state index contributed by atoms with van der Waals surface area (Å²) in [6.45, 7) is 3.17. The number of carboxylic acid groups (broad SMARTS) is 1. The topological polar surface area (TPSA) is 90.3 Å². The predicted octanol–water partition coefficient (Wildman–Crippen LogP) is 0.431. The van der Waals surface area contributed by atoms with E-state index in [9.17, 15) is 14.7 Å². The van der Waals surface area contributed by atoms with Crippen LogP contribution < -0.4 is 4.90 Å². The maximum absolute atomic E-state index is 12.9. The van der Waals surface area contributed by atoms with Crippen molar-refractivity contribution in [1.82, 2.24) is 4.90 Å². The molecule has 2 heterocycles. The summed E-state index contributed by atoms with van der Waals surface area (Å²) in [5.74, 6) is -1.53. The van der Waals surface area contributed by atoms with Crippen molar-refractivity contribution in [3.05, 3.63) is 29.8 Å². The predicted molar refractivity (Wildman–Crippen MR) is 87.1 cm³/mol. The average molecular weight is 334 g/mol. The van der Waals surface area contributed by atoms with Crippen LogP contribution in [0.15, 0.2) is 24.3 Å². The van der Waals surface area contributed by atoms with Crippen LogP contribution >= 0.6 is 0 Å². The van der Waals surface area contributed by atoms with Gasteiger partial charge in [-0.25, -0.2) is 0 Å². The molecule has 2 fully saturated rings. The third-order valence-corrected chi connectivity index (χ3v) is 4.62. The van der Waals surface area contributed by atoms with Crippen molar-refractivity contribution in [3.63, 3.8) is 0 Å². The minimum Gasteiger partial charge on any atom is -0.481 e. The highest BCUT2D eigenvalue weighted by molar-refractivity contribution is 6.00. The van der Waals surface area contributed by atoms with Gasteiger partial charge in [0.05, 0.1) is 31.3 Å². The highest BCUT2D eigenvalue weighted by Crippen LogP contribution is 2.27. The van der Waals surface area contributed by atoms with Gasteiger partial charge in [0.1, 0.15) is 0 Å². The largest absolute Gasteiger partial charge is 0.481 e. The Kier molecular flexibility index (Phi) is 5.01. The van der Waals surface area contributed by atoms with Gasteiger partial charge in [-0.3, -0.25) is 9.59 Å². The van der Waals surface area contributed by atoms with Crippen LogP contribution in [-0.2, 0) is 9.53 Å². The number of carboxylic acids is 1. The van der Waals surface area contributed by atoms with Crippen molar-refractivity contribution in [3.8, 4) is 0 Å². The summed E-state index contributed by atoms with van der Waals surface area (Å²) in [6.07, 6.45) is -0.920. The van der Waals surface area contributed by atoms with E-state index in [-0.39, 0.29) is 25.4 Å². The Hall–Kier alpha value is -2.12. The summed E-state index contributed by atoms with van der Waals surface area (Å²) in [5.41, 5.74) is 1.45. The molecule has 0 spiro atoms. The maximum Gasteiger partial charge on any atom is 0.303 e. The minimum absolute atomic E-state index is 0.129. The number of hydrogen-bond acceptors (Lipinski definition) is 5. The number of carbonyl (C=O) groups is 2. The first-order valence-corrected chi connectivity index (χ1v) is 8.17. The summed E-state index contributed by atoms with van der Waals surface area (Å²) in [5, 5.41) is 19.0. The zero-order valence-corrected chi connectivity index (χ0v) is 13.4. The molecule has 0 unspecified atom stereocenters. The lowest BCUT2D eigenvalue weighted by atomic mass is 10.0. The third-order valence-electron chi connectivity index (χ3n) is 4.62. The molecule has 24 heavy (non-hydrogen) atoms. The van der Waals surface area contributed by atoms with Gasteiger partial charge in [0.25, 0.3) is 5.91 Å². The number of amides is 1. The van der Waals surface area contributed by atoms with Gasteiger partial charge >= 0.3 is 5.97 Å². The van der Waals surface area contributed by atoms with E-state index >= 15 is 0 Å². The Morgan fingerprint density at radius 3 is 2.58 bits per heavy atom. The quantitative estimate of drug-likeness (QED) is 0.830. The molecule has 1 amide bonds. The molecule has 130 valence electrons. The number of hydrogen-bond donors (Lipinski definition) is 2. The van der Waals surface area contributed by atoms with E-state index in [2.05, 4.69) is 4.90 Å². The lowest BCUT2D eigenvalue weighted by Crippen LogP contribution is -2.38. The number of rotatable bonds is 4. The van der Waals surface area contributed by atoms with E-state index in [0.29, 0.717) is 18.8 Å². The zero-order chi connectivity index (χ0) is 17.1. The molecule has 2 N–H and O–H groups in total. The summed E-state index contributed by atoms with van der Waals surface area (Å²) in [4.78, 5) is 27.4. The molecule has 2 aliphatic rings. The number of aliphatic hydroxyl groups is 1. The van der Waals surface area contributed by atoms with Gasteiger partial charge in [-0.05, 0) is 12.1 Å². The molecule has 3 rings (SSSR count). The van der Waals surface area contributed by atoms with Crippen molar-refractivity contribution in [2.75, 3.05) is 44.3 Å². The van der Waals surface area contributed by atoms with Crippen LogP contribution in [0.4, 0.5) is 5.69 Å². The molecular weight excluding hydrogens is 312 g/mol. The first-order valence-electron chi connectivity index (χ1n) is 8.17. The summed E-state index contributed by atoms with van der Waals surface area (Å²) in [7, 11) is 0. The Morgan fingerprint density at radius 1 is 1.17 bits per heavy atom. The second-order valence-corrected chi connectivity index (χ2v) is 6.25. The Bertz CT molecular complexity index is 615. The number of morpholine rings is 1. The van der Waals surface area contributed by atoms with Crippen molar-refractivity contribution in [1.29, 1.82) is 0 Å². The number of benzene rings is 1. The van der Waals surface area contributed by atoms with Gasteiger partial charge in [-0.15, -0.1) is 0 Å². The minimum atomic E-state index is -0.956. The molecule has 0 bridgehead atoms. The first-order chi connectivity index (χ1) is 11.6. The second kappa shape index (κ2) is 7.19. The fraction of sp³-hybridized carbons (Fsp3) is 0.529. The van der Waals surface area contributed by atoms with Crippen LogP contribution in [0.5, 0.6) is 0 Å². The number of aliphatic hydroxyl groups excluding tert-OH is 1. The molecule has 0 aliphatic carbocycles. The van der Waals surface area contributed by atoms with Gasteiger partial charge in [0.15, 0.2) is 0 Å². The lowest BCUT2D eigenvalue weighted by molar-refractivity contribution is -0.138. The number of para-hydroxylation sites is 1. The van der Waals surface area contributed by atoms with Crippen molar-refractivity contribution >= 4 is 17.6 Å². The maximum atomic E-state index is 12.9. The number of anilines is 1.